The van der Waals surface area contributed by atoms with Crippen molar-refractivity contribution in [3.8, 4) is 0 Å². The highest BCUT2D eigenvalue weighted by molar-refractivity contribution is 5.94. The van der Waals surface area contributed by atoms with Gasteiger partial charge in [0.25, 0.3) is 5.91 Å². The fourth-order valence-electron chi connectivity index (χ4n) is 3.67. The molecule has 0 bridgehead atoms. The Morgan fingerprint density at radius 1 is 1.17 bits per heavy atom. The van der Waals surface area contributed by atoms with Gasteiger partial charge in [0.15, 0.2) is 5.69 Å². The summed E-state index contributed by atoms with van der Waals surface area (Å²) < 4.78 is 11.5. The van der Waals surface area contributed by atoms with Gasteiger partial charge < -0.3 is 14.2 Å². The van der Waals surface area contributed by atoms with Crippen molar-refractivity contribution in [3.63, 3.8) is 0 Å². The lowest BCUT2D eigenvalue weighted by Crippen LogP contribution is -2.46. The molecule has 0 spiro atoms. The van der Waals surface area contributed by atoms with E-state index in [0.717, 1.165) is 42.6 Å². The summed E-state index contributed by atoms with van der Waals surface area (Å²) >= 11 is 0. The lowest BCUT2D eigenvalue weighted by molar-refractivity contribution is -0.0693. The molecule has 2 unspecified atom stereocenters. The molecular weight excluding hydrogens is 304 g/mol. The first-order valence-corrected chi connectivity index (χ1v) is 8.69. The zero-order valence-electron chi connectivity index (χ0n) is 13.9. The van der Waals surface area contributed by atoms with Crippen molar-refractivity contribution >= 4 is 5.91 Å². The minimum absolute atomic E-state index is 0.00404. The Morgan fingerprint density at radius 3 is 2.79 bits per heavy atom. The standard InChI is InChI=1S/C19H22N2O3/c1-13-11-21(12-17(23-13)14-7-3-2-4-8-14)19(22)18-15-9-5-6-10-16(15)24-20-18/h2-4,7-8,13,17H,5-6,9-12H2,1H3. The Balaban J connectivity index is 1.57. The Bertz CT molecular complexity index is 725. The van der Waals surface area contributed by atoms with Crippen LogP contribution < -0.4 is 0 Å². The molecule has 2 atom stereocenters. The normalized spacial score (nSPS) is 23.8. The molecule has 5 heteroatoms. The second-order valence-corrected chi connectivity index (χ2v) is 6.70. The first-order chi connectivity index (χ1) is 11.7. The summed E-state index contributed by atoms with van der Waals surface area (Å²) in [7, 11) is 0. The smallest absolute Gasteiger partial charge is 0.276 e. The van der Waals surface area contributed by atoms with Gasteiger partial charge in [-0.15, -0.1) is 0 Å². The number of benzene rings is 1. The van der Waals surface area contributed by atoms with Crippen molar-refractivity contribution < 1.29 is 14.1 Å². The van der Waals surface area contributed by atoms with Gasteiger partial charge in [0.2, 0.25) is 0 Å². The number of hydrogen-bond acceptors (Lipinski definition) is 4. The van der Waals surface area contributed by atoms with E-state index in [-0.39, 0.29) is 18.1 Å². The number of fused-ring (bicyclic) bond motifs is 1. The van der Waals surface area contributed by atoms with Crippen LogP contribution in [0, 0.1) is 0 Å². The summed E-state index contributed by atoms with van der Waals surface area (Å²) in [6.07, 6.45) is 3.89. The molecule has 2 heterocycles. The van der Waals surface area contributed by atoms with Crippen LogP contribution in [0.2, 0.25) is 0 Å². The molecule has 5 nitrogen and oxygen atoms in total. The molecular formula is C19H22N2O3. The van der Waals surface area contributed by atoms with Crippen molar-refractivity contribution in [1.82, 2.24) is 10.1 Å². The fraction of sp³-hybridized carbons (Fsp3) is 0.474. The quantitative estimate of drug-likeness (QED) is 0.851. The van der Waals surface area contributed by atoms with E-state index >= 15 is 0 Å². The number of morpholine rings is 1. The monoisotopic (exact) mass is 326 g/mol. The highest BCUT2D eigenvalue weighted by Gasteiger charge is 2.33. The molecule has 1 aromatic carbocycles. The van der Waals surface area contributed by atoms with Crippen LogP contribution in [-0.2, 0) is 17.6 Å². The summed E-state index contributed by atoms with van der Waals surface area (Å²) in [5.41, 5.74) is 2.62. The second-order valence-electron chi connectivity index (χ2n) is 6.70. The van der Waals surface area contributed by atoms with Crippen LogP contribution in [0.25, 0.3) is 0 Å². The molecule has 2 aliphatic rings. The summed E-state index contributed by atoms with van der Waals surface area (Å²) in [5, 5.41) is 4.09. The van der Waals surface area contributed by atoms with E-state index in [1.165, 1.54) is 0 Å². The van der Waals surface area contributed by atoms with E-state index in [2.05, 4.69) is 5.16 Å². The maximum absolute atomic E-state index is 13.0. The topological polar surface area (TPSA) is 55.6 Å². The van der Waals surface area contributed by atoms with E-state index in [9.17, 15) is 4.79 Å². The number of carbonyl (C=O) groups is 1. The SMILES string of the molecule is CC1CN(C(=O)c2noc3c2CCCC3)CC(c2ccccc2)O1. The van der Waals surface area contributed by atoms with E-state index < -0.39 is 0 Å². The summed E-state index contributed by atoms with van der Waals surface area (Å²) in [4.78, 5) is 14.9. The Labute approximate surface area is 141 Å². The van der Waals surface area contributed by atoms with E-state index in [1.807, 2.05) is 42.2 Å². The van der Waals surface area contributed by atoms with Crippen molar-refractivity contribution in [2.45, 2.75) is 44.8 Å². The van der Waals surface area contributed by atoms with E-state index in [1.54, 1.807) is 0 Å². The van der Waals surface area contributed by atoms with Crippen molar-refractivity contribution in [2.75, 3.05) is 13.1 Å². The largest absolute Gasteiger partial charge is 0.367 e. The van der Waals surface area contributed by atoms with Gasteiger partial charge in [-0.05, 0) is 31.7 Å². The molecule has 1 amide bonds. The van der Waals surface area contributed by atoms with Gasteiger partial charge in [-0.1, -0.05) is 35.5 Å². The molecule has 1 aliphatic heterocycles. The Morgan fingerprint density at radius 2 is 1.96 bits per heavy atom. The zero-order chi connectivity index (χ0) is 16.5. The maximum atomic E-state index is 13.0. The van der Waals surface area contributed by atoms with Crippen molar-refractivity contribution in [1.29, 1.82) is 0 Å². The lowest BCUT2D eigenvalue weighted by Gasteiger charge is -2.36. The molecule has 0 radical (unpaired) electrons. The minimum Gasteiger partial charge on any atom is -0.367 e. The first-order valence-electron chi connectivity index (χ1n) is 8.69. The number of amides is 1. The number of carbonyl (C=O) groups excluding carboxylic acids is 1. The second kappa shape index (κ2) is 6.40. The number of ether oxygens (including phenoxy) is 1. The van der Waals surface area contributed by atoms with Gasteiger partial charge in [-0.25, -0.2) is 0 Å². The molecule has 1 aromatic heterocycles. The van der Waals surface area contributed by atoms with Gasteiger partial charge in [0, 0.05) is 18.5 Å². The lowest BCUT2D eigenvalue weighted by atomic mass is 9.96. The van der Waals surface area contributed by atoms with Gasteiger partial charge in [-0.3, -0.25) is 4.79 Å². The fourth-order valence-corrected chi connectivity index (χ4v) is 3.67. The van der Waals surface area contributed by atoms with Crippen LogP contribution in [0.4, 0.5) is 0 Å². The van der Waals surface area contributed by atoms with Crippen LogP contribution in [0.1, 0.15) is 53.2 Å². The average molecular weight is 326 g/mol. The summed E-state index contributed by atoms with van der Waals surface area (Å²) in [6, 6.07) is 10.1. The van der Waals surface area contributed by atoms with Crippen LogP contribution in [-0.4, -0.2) is 35.2 Å². The van der Waals surface area contributed by atoms with Crippen molar-refractivity contribution in [2.24, 2.45) is 0 Å². The van der Waals surface area contributed by atoms with Gasteiger partial charge in [-0.2, -0.15) is 0 Å². The van der Waals surface area contributed by atoms with Gasteiger partial charge in [0.1, 0.15) is 11.9 Å². The van der Waals surface area contributed by atoms with Crippen LogP contribution in [0.3, 0.4) is 0 Å². The van der Waals surface area contributed by atoms with Crippen LogP contribution in [0.5, 0.6) is 0 Å². The van der Waals surface area contributed by atoms with Crippen LogP contribution in [0.15, 0.2) is 34.9 Å². The van der Waals surface area contributed by atoms with E-state index in [0.29, 0.717) is 18.8 Å². The summed E-state index contributed by atoms with van der Waals surface area (Å²) in [5.74, 6) is 0.864. The molecule has 126 valence electrons. The highest BCUT2D eigenvalue weighted by Crippen LogP contribution is 2.29. The number of aromatic nitrogens is 1. The maximum Gasteiger partial charge on any atom is 0.276 e. The average Bonchev–Trinajstić information content (AvgIpc) is 3.05. The molecule has 24 heavy (non-hydrogen) atoms. The predicted octanol–water partition coefficient (Wildman–Crippen LogP) is 3.16. The number of hydrogen-bond donors (Lipinski definition) is 0. The first kappa shape index (κ1) is 15.4. The predicted molar refractivity (Wildman–Crippen MR) is 88.8 cm³/mol. The minimum atomic E-state index is -0.0957. The molecule has 0 N–H and O–H groups in total. The number of aryl methyl sites for hydroxylation is 1. The molecule has 4 rings (SSSR count). The zero-order valence-corrected chi connectivity index (χ0v) is 13.9. The third-order valence-corrected chi connectivity index (χ3v) is 4.87. The molecule has 2 aromatic rings. The van der Waals surface area contributed by atoms with Crippen LogP contribution >= 0.6 is 0 Å². The number of rotatable bonds is 2. The number of nitrogens with zero attached hydrogens (tertiary/aromatic N) is 2. The Kier molecular flexibility index (Phi) is 4.10. The summed E-state index contributed by atoms with van der Waals surface area (Å²) in [6.45, 7) is 3.15. The third kappa shape index (κ3) is 2.84. The molecule has 1 fully saturated rings. The van der Waals surface area contributed by atoms with Gasteiger partial charge >= 0.3 is 0 Å². The highest BCUT2D eigenvalue weighted by atomic mass is 16.5. The van der Waals surface area contributed by atoms with E-state index in [4.69, 9.17) is 9.26 Å². The third-order valence-electron chi connectivity index (χ3n) is 4.87. The van der Waals surface area contributed by atoms with Gasteiger partial charge in [0.05, 0.1) is 12.6 Å². The Hall–Kier alpha value is -2.14. The molecule has 1 aliphatic carbocycles. The molecule has 0 saturated carbocycles. The van der Waals surface area contributed by atoms with Crippen molar-refractivity contribution in [3.05, 3.63) is 52.9 Å². The molecule has 1 saturated heterocycles.